The second-order valence-electron chi connectivity index (χ2n) is 7.65. The molecule has 0 radical (unpaired) electrons. The van der Waals surface area contributed by atoms with Gasteiger partial charge in [0, 0.05) is 6.54 Å². The van der Waals surface area contributed by atoms with Crippen LogP contribution in [0.3, 0.4) is 0 Å². The lowest BCUT2D eigenvalue weighted by atomic mass is 10.1. The molecule has 0 saturated carbocycles. The summed E-state index contributed by atoms with van der Waals surface area (Å²) in [6, 6.07) is -1.57. The van der Waals surface area contributed by atoms with Gasteiger partial charge in [-0.25, -0.2) is 4.57 Å². The molecule has 0 aliphatic rings. The molecule has 0 aromatic heterocycles. The Morgan fingerprint density at radius 1 is 0.862 bits per heavy atom. The van der Waals surface area contributed by atoms with Gasteiger partial charge in [-0.15, -0.1) is 0 Å². The van der Waals surface area contributed by atoms with Gasteiger partial charge in [0.25, 0.3) is 0 Å². The number of allylic oxidation sites excluding steroid dienone is 2. The van der Waals surface area contributed by atoms with Gasteiger partial charge in [0.05, 0.1) is 6.61 Å². The first-order chi connectivity index (χ1) is 13.8. The van der Waals surface area contributed by atoms with Crippen LogP contribution in [0.15, 0.2) is 12.2 Å². The summed E-state index contributed by atoms with van der Waals surface area (Å²) >= 11 is 0. The molecule has 0 heterocycles. The van der Waals surface area contributed by atoms with Crippen LogP contribution in [0.4, 0.5) is 0 Å². The van der Waals surface area contributed by atoms with Gasteiger partial charge in [-0.2, -0.15) is 4.67 Å². The Kier molecular flexibility index (Phi) is 17.6. The molecule has 8 heteroatoms. The number of hydrogen-bond donors (Lipinski definition) is 4. The fourth-order valence-corrected chi connectivity index (χ4v) is 4.23. The average molecular weight is 436 g/mol. The van der Waals surface area contributed by atoms with E-state index in [0.717, 1.165) is 38.5 Å². The normalized spacial score (nSPS) is 13.4. The van der Waals surface area contributed by atoms with Crippen LogP contribution in [0, 0.1) is 0 Å². The number of carboxylic acid groups (broad SMARTS) is 1. The number of aliphatic hydroxyl groups is 1. The van der Waals surface area contributed by atoms with Gasteiger partial charge >= 0.3 is 13.7 Å². The van der Waals surface area contributed by atoms with Crippen LogP contribution in [0.25, 0.3) is 0 Å². The molecule has 0 amide bonds. The van der Waals surface area contributed by atoms with Gasteiger partial charge in [-0.3, -0.25) is 4.79 Å². The van der Waals surface area contributed by atoms with Crippen molar-refractivity contribution in [2.24, 2.45) is 0 Å². The second kappa shape index (κ2) is 18.1. The second-order valence-corrected chi connectivity index (χ2v) is 9.19. The van der Waals surface area contributed by atoms with E-state index in [1.54, 1.807) is 0 Å². The van der Waals surface area contributed by atoms with Crippen LogP contribution in [-0.2, 0) is 9.36 Å². The molecule has 172 valence electrons. The number of hydrogen-bond acceptors (Lipinski definition) is 3. The Balaban J connectivity index is 3.70. The lowest BCUT2D eigenvalue weighted by molar-refractivity contribution is -0.143. The van der Waals surface area contributed by atoms with Crippen LogP contribution in [-0.4, -0.2) is 49.8 Å². The van der Waals surface area contributed by atoms with Gasteiger partial charge in [0.15, 0.2) is 0 Å². The summed E-state index contributed by atoms with van der Waals surface area (Å²) in [5.41, 5.74) is 0. The van der Waals surface area contributed by atoms with Crippen molar-refractivity contribution in [1.29, 1.82) is 0 Å². The molecule has 0 saturated heterocycles. The molecule has 29 heavy (non-hydrogen) atoms. The Bertz CT molecular complexity index is 480. The minimum atomic E-state index is -4.71. The van der Waals surface area contributed by atoms with Gasteiger partial charge in [0.2, 0.25) is 0 Å². The molecular weight excluding hydrogens is 393 g/mol. The Labute approximate surface area is 176 Å². The summed E-state index contributed by atoms with van der Waals surface area (Å²) in [6.45, 7) is 1.37. The summed E-state index contributed by atoms with van der Waals surface area (Å²) in [7, 11) is -4.71. The monoisotopic (exact) mass is 435 g/mol. The van der Waals surface area contributed by atoms with Crippen molar-refractivity contribution >= 4 is 13.7 Å². The topological polar surface area (TPSA) is 118 Å². The molecule has 0 aliphatic carbocycles. The van der Waals surface area contributed by atoms with E-state index in [1.165, 1.54) is 44.9 Å². The summed E-state index contributed by atoms with van der Waals surface area (Å²) in [5.74, 6) is -1.43. The smallest absolute Gasteiger partial charge is 0.403 e. The van der Waals surface area contributed by atoms with Crippen LogP contribution >= 0.6 is 7.75 Å². The number of aliphatic hydroxyl groups excluding tert-OH is 1. The van der Waals surface area contributed by atoms with Crippen molar-refractivity contribution in [2.45, 2.75) is 103 Å². The van der Waals surface area contributed by atoms with E-state index >= 15 is 0 Å². The van der Waals surface area contributed by atoms with E-state index in [0.29, 0.717) is 11.1 Å². The van der Waals surface area contributed by atoms with E-state index in [1.807, 2.05) is 0 Å². The highest BCUT2D eigenvalue weighted by atomic mass is 31.2. The number of aliphatic carboxylic acids is 1. The third-order valence-corrected chi connectivity index (χ3v) is 6.20. The highest BCUT2D eigenvalue weighted by Crippen LogP contribution is 2.42. The number of carbonyl (C=O) groups is 1. The lowest BCUT2D eigenvalue weighted by Gasteiger charge is -2.27. The van der Waals surface area contributed by atoms with Crippen LogP contribution in [0.2, 0.25) is 0 Å². The molecule has 0 rings (SSSR count). The highest BCUT2D eigenvalue weighted by molar-refractivity contribution is 7.49. The lowest BCUT2D eigenvalue weighted by Crippen LogP contribution is -2.42. The van der Waals surface area contributed by atoms with E-state index in [4.69, 9.17) is 10.2 Å². The number of unbranched alkanes of at least 4 members (excludes halogenated alkanes) is 12. The predicted octanol–water partition coefficient (Wildman–Crippen LogP) is 4.86. The molecular formula is C21H42NO6P. The minimum absolute atomic E-state index is 0.0387. The van der Waals surface area contributed by atoms with Crippen LogP contribution in [0.5, 0.6) is 0 Å². The highest BCUT2D eigenvalue weighted by Gasteiger charge is 2.36. The molecule has 0 bridgehead atoms. The summed E-state index contributed by atoms with van der Waals surface area (Å²) in [4.78, 5) is 29.7. The Hall–Kier alpha value is -0.720. The Morgan fingerprint density at radius 3 is 1.72 bits per heavy atom. The zero-order chi connectivity index (χ0) is 22.0. The maximum atomic E-state index is 11.5. The van der Waals surface area contributed by atoms with Crippen molar-refractivity contribution in [1.82, 2.24) is 4.67 Å². The molecule has 0 aromatic carbocycles. The number of rotatable bonds is 20. The molecule has 0 unspecified atom stereocenters. The number of carboxylic acids is 1. The zero-order valence-corrected chi connectivity index (χ0v) is 18.9. The van der Waals surface area contributed by atoms with Crippen molar-refractivity contribution in [3.63, 3.8) is 0 Å². The van der Waals surface area contributed by atoms with Crippen molar-refractivity contribution in [3.8, 4) is 0 Å². The molecule has 1 atom stereocenters. The minimum Gasteiger partial charge on any atom is -0.480 e. The average Bonchev–Trinajstić information content (AvgIpc) is 2.65. The fraction of sp³-hybridized carbons (Fsp3) is 0.857. The van der Waals surface area contributed by atoms with E-state index < -0.39 is 26.4 Å². The maximum absolute atomic E-state index is 11.5. The maximum Gasteiger partial charge on any atom is 0.403 e. The zero-order valence-electron chi connectivity index (χ0n) is 18.0. The standard InChI is InChI=1S/C21H42NO6P/c1-2-3-4-5-6-7-8-9-10-11-12-13-14-15-16-17-18-22(29(26,27)28)20(19-23)21(24)25/h9-10,20,23H,2-8,11-19H2,1H3,(H,24,25)(H2,26,27,28)/t20-/m0/s1. The van der Waals surface area contributed by atoms with Crippen molar-refractivity contribution < 1.29 is 29.4 Å². The van der Waals surface area contributed by atoms with E-state index in [2.05, 4.69) is 19.1 Å². The molecule has 0 spiro atoms. The van der Waals surface area contributed by atoms with Crippen LogP contribution in [0.1, 0.15) is 96.8 Å². The molecule has 7 nitrogen and oxygen atoms in total. The van der Waals surface area contributed by atoms with Crippen molar-refractivity contribution in [2.75, 3.05) is 13.2 Å². The largest absolute Gasteiger partial charge is 0.480 e. The third-order valence-electron chi connectivity index (χ3n) is 5.05. The molecule has 0 aliphatic heterocycles. The predicted molar refractivity (Wildman–Crippen MR) is 117 cm³/mol. The third kappa shape index (κ3) is 15.7. The van der Waals surface area contributed by atoms with Gasteiger partial charge in [0.1, 0.15) is 6.04 Å². The first-order valence-electron chi connectivity index (χ1n) is 11.2. The fourth-order valence-electron chi connectivity index (χ4n) is 3.29. The first kappa shape index (κ1) is 28.3. The van der Waals surface area contributed by atoms with E-state index in [-0.39, 0.29) is 6.54 Å². The molecule has 0 fully saturated rings. The molecule has 0 aromatic rings. The molecule has 4 N–H and O–H groups in total. The van der Waals surface area contributed by atoms with Gasteiger partial charge < -0.3 is 20.0 Å². The summed E-state index contributed by atoms with van der Waals surface area (Å²) in [6.07, 6.45) is 20.3. The van der Waals surface area contributed by atoms with Crippen molar-refractivity contribution in [3.05, 3.63) is 12.2 Å². The van der Waals surface area contributed by atoms with Gasteiger partial charge in [-0.1, -0.05) is 76.9 Å². The SMILES string of the molecule is CCCCCCCCC=CCCCCCCCCN([C@@H](CO)C(=O)O)P(=O)(O)O. The Morgan fingerprint density at radius 2 is 1.31 bits per heavy atom. The summed E-state index contributed by atoms with van der Waals surface area (Å²) in [5, 5.41) is 18.1. The van der Waals surface area contributed by atoms with Crippen LogP contribution < -0.4 is 0 Å². The van der Waals surface area contributed by atoms with E-state index in [9.17, 15) is 19.1 Å². The summed E-state index contributed by atoms with van der Waals surface area (Å²) < 4.78 is 12.1. The number of nitrogens with zero attached hydrogens (tertiary/aromatic N) is 1. The quantitative estimate of drug-likeness (QED) is 0.122. The first-order valence-corrected chi connectivity index (χ1v) is 12.7. The van der Waals surface area contributed by atoms with Gasteiger partial charge in [-0.05, 0) is 32.1 Å².